The molecule has 0 fully saturated rings. The van der Waals surface area contributed by atoms with Crippen molar-refractivity contribution in [2.75, 3.05) is 37.4 Å². The van der Waals surface area contributed by atoms with Gasteiger partial charge in [-0.2, -0.15) is 0 Å². The van der Waals surface area contributed by atoms with E-state index in [1.54, 1.807) is 50.4 Å². The number of anilines is 1. The van der Waals surface area contributed by atoms with E-state index in [0.29, 0.717) is 27.8 Å². The second-order valence-corrected chi connectivity index (χ2v) is 8.42. The van der Waals surface area contributed by atoms with E-state index in [0.717, 1.165) is 10.6 Å². The molecular weight excluding hydrogens is 404 g/mol. The van der Waals surface area contributed by atoms with Gasteiger partial charge < -0.3 is 14.8 Å². The van der Waals surface area contributed by atoms with Crippen molar-refractivity contribution in [3.05, 3.63) is 53.1 Å². The summed E-state index contributed by atoms with van der Waals surface area (Å²) in [5.74, 6) is 0.835. The maximum absolute atomic E-state index is 12.3. The number of nitrogens with one attached hydrogen (secondary N) is 1. The summed E-state index contributed by atoms with van der Waals surface area (Å²) >= 11 is 5.98. The molecule has 0 atom stereocenters. The smallest absolute Gasteiger partial charge is 0.240 e. The van der Waals surface area contributed by atoms with E-state index >= 15 is 0 Å². The van der Waals surface area contributed by atoms with Crippen LogP contribution in [0, 0.1) is 6.92 Å². The van der Waals surface area contributed by atoms with E-state index < -0.39 is 15.9 Å². The molecule has 0 aliphatic rings. The molecule has 2 aromatic carbocycles. The molecule has 0 saturated carbocycles. The van der Waals surface area contributed by atoms with Crippen LogP contribution in [0.15, 0.2) is 42.5 Å². The lowest BCUT2D eigenvalue weighted by molar-refractivity contribution is -0.119. The summed E-state index contributed by atoms with van der Waals surface area (Å²) in [6, 6.07) is 12.0. The third kappa shape index (κ3) is 6.31. The molecule has 0 saturated heterocycles. The van der Waals surface area contributed by atoms with E-state index in [1.165, 1.54) is 6.07 Å². The molecule has 0 spiro atoms. The van der Waals surface area contributed by atoms with Gasteiger partial charge in [0.1, 0.15) is 24.7 Å². The van der Waals surface area contributed by atoms with Crippen molar-refractivity contribution in [3.8, 4) is 11.5 Å². The van der Waals surface area contributed by atoms with Crippen LogP contribution in [0.3, 0.4) is 0 Å². The normalized spacial score (nSPS) is 11.0. The number of hydrogen-bond donors (Lipinski definition) is 1. The van der Waals surface area contributed by atoms with E-state index in [9.17, 15) is 13.2 Å². The maximum atomic E-state index is 12.3. The molecule has 0 bridgehead atoms. The maximum Gasteiger partial charge on any atom is 0.240 e. The second kappa shape index (κ2) is 9.66. The summed E-state index contributed by atoms with van der Waals surface area (Å²) < 4.78 is 36.0. The molecule has 1 amide bonds. The van der Waals surface area contributed by atoms with Gasteiger partial charge in [0, 0.05) is 11.1 Å². The van der Waals surface area contributed by atoms with Crippen molar-refractivity contribution in [3.63, 3.8) is 0 Å². The number of hydrogen-bond acceptors (Lipinski definition) is 5. The highest BCUT2D eigenvalue weighted by Crippen LogP contribution is 2.26. The summed E-state index contributed by atoms with van der Waals surface area (Å²) in [5, 5.41) is 3.04. The van der Waals surface area contributed by atoms with Gasteiger partial charge >= 0.3 is 0 Å². The third-order valence-corrected chi connectivity index (χ3v) is 5.22. The van der Waals surface area contributed by atoms with Gasteiger partial charge in [-0.05, 0) is 36.8 Å². The molecule has 28 heavy (non-hydrogen) atoms. The molecule has 0 aliphatic heterocycles. The molecule has 0 aliphatic carbocycles. The molecule has 2 aromatic rings. The van der Waals surface area contributed by atoms with Gasteiger partial charge in [0.25, 0.3) is 0 Å². The van der Waals surface area contributed by atoms with Crippen LogP contribution in [0.2, 0.25) is 5.02 Å². The van der Waals surface area contributed by atoms with E-state index in [2.05, 4.69) is 5.32 Å². The minimum Gasteiger partial charge on any atom is -0.497 e. The second-order valence-electron chi connectivity index (χ2n) is 6.08. The van der Waals surface area contributed by atoms with Gasteiger partial charge in [-0.15, -0.1) is 0 Å². The first-order chi connectivity index (χ1) is 13.2. The van der Waals surface area contributed by atoms with Gasteiger partial charge in [0.05, 0.1) is 25.6 Å². The zero-order valence-electron chi connectivity index (χ0n) is 15.9. The van der Waals surface area contributed by atoms with Crippen molar-refractivity contribution >= 4 is 33.2 Å². The first kappa shape index (κ1) is 21.8. The number of methoxy groups -OCH3 is 1. The SMILES string of the molecule is COc1cccc(OCCNC(=O)CN(c2cc(Cl)ccc2C)S(C)(=O)=O)c1. The number of aryl methyl sites for hydroxylation is 1. The molecule has 2 rings (SSSR count). The Hall–Kier alpha value is -2.45. The van der Waals surface area contributed by atoms with Crippen LogP contribution < -0.4 is 19.1 Å². The predicted molar refractivity (Wildman–Crippen MR) is 110 cm³/mol. The van der Waals surface area contributed by atoms with Crippen LogP contribution in [0.1, 0.15) is 5.56 Å². The van der Waals surface area contributed by atoms with Crippen molar-refractivity contribution in [1.29, 1.82) is 0 Å². The highest BCUT2D eigenvalue weighted by atomic mass is 35.5. The molecule has 0 aromatic heterocycles. The van der Waals surface area contributed by atoms with Gasteiger partial charge in [-0.1, -0.05) is 23.7 Å². The van der Waals surface area contributed by atoms with E-state index in [-0.39, 0.29) is 19.7 Å². The van der Waals surface area contributed by atoms with Crippen molar-refractivity contribution in [2.24, 2.45) is 0 Å². The van der Waals surface area contributed by atoms with Gasteiger partial charge in [-0.25, -0.2) is 8.42 Å². The molecule has 0 unspecified atom stereocenters. The molecule has 1 N–H and O–H groups in total. The molecule has 9 heteroatoms. The molecule has 0 radical (unpaired) electrons. The Morgan fingerprint density at radius 3 is 2.57 bits per heavy atom. The Balaban J connectivity index is 1.94. The van der Waals surface area contributed by atoms with E-state index in [4.69, 9.17) is 21.1 Å². The fraction of sp³-hybridized carbons (Fsp3) is 0.316. The largest absolute Gasteiger partial charge is 0.497 e. The van der Waals surface area contributed by atoms with Gasteiger partial charge in [-0.3, -0.25) is 9.10 Å². The minimum atomic E-state index is -3.66. The summed E-state index contributed by atoms with van der Waals surface area (Å²) in [6.07, 6.45) is 1.05. The number of carbonyl (C=O) groups excluding carboxylic acids is 1. The van der Waals surface area contributed by atoms with Crippen LogP contribution >= 0.6 is 11.6 Å². The fourth-order valence-electron chi connectivity index (χ4n) is 2.47. The number of ether oxygens (including phenoxy) is 2. The first-order valence-electron chi connectivity index (χ1n) is 8.48. The zero-order chi connectivity index (χ0) is 20.7. The molecule has 7 nitrogen and oxygen atoms in total. The molecule has 152 valence electrons. The molecule has 0 heterocycles. The lowest BCUT2D eigenvalue weighted by atomic mass is 10.2. The lowest BCUT2D eigenvalue weighted by Crippen LogP contribution is -2.41. The summed E-state index contributed by atoms with van der Waals surface area (Å²) in [6.45, 7) is 1.86. The lowest BCUT2D eigenvalue weighted by Gasteiger charge is -2.23. The quantitative estimate of drug-likeness (QED) is 0.623. The highest BCUT2D eigenvalue weighted by Gasteiger charge is 2.22. The predicted octanol–water partition coefficient (Wildman–Crippen LogP) is 2.62. The Kier molecular flexibility index (Phi) is 7.53. The summed E-state index contributed by atoms with van der Waals surface area (Å²) in [5.41, 5.74) is 1.07. The third-order valence-electron chi connectivity index (χ3n) is 3.86. The number of sulfonamides is 1. The van der Waals surface area contributed by atoms with E-state index in [1.807, 2.05) is 0 Å². The highest BCUT2D eigenvalue weighted by molar-refractivity contribution is 7.92. The Morgan fingerprint density at radius 2 is 1.89 bits per heavy atom. The number of rotatable bonds is 9. The minimum absolute atomic E-state index is 0.224. The van der Waals surface area contributed by atoms with Crippen LogP contribution in [0.4, 0.5) is 5.69 Å². The van der Waals surface area contributed by atoms with Gasteiger partial charge in [0.2, 0.25) is 15.9 Å². The number of carbonyl (C=O) groups is 1. The Morgan fingerprint density at radius 1 is 1.18 bits per heavy atom. The topological polar surface area (TPSA) is 84.9 Å². The summed E-state index contributed by atoms with van der Waals surface area (Å²) in [4.78, 5) is 12.3. The van der Waals surface area contributed by atoms with Crippen LogP contribution in [-0.2, 0) is 14.8 Å². The average molecular weight is 427 g/mol. The Labute approximate surface area is 170 Å². The monoisotopic (exact) mass is 426 g/mol. The van der Waals surface area contributed by atoms with Crippen LogP contribution in [0.5, 0.6) is 11.5 Å². The van der Waals surface area contributed by atoms with Crippen molar-refractivity contribution in [1.82, 2.24) is 5.32 Å². The number of halogens is 1. The number of benzene rings is 2. The van der Waals surface area contributed by atoms with Crippen LogP contribution in [0.25, 0.3) is 0 Å². The fourth-order valence-corrected chi connectivity index (χ4v) is 3.54. The standard InChI is InChI=1S/C19H23ClN2O5S/c1-14-7-8-15(20)11-18(14)22(28(3,24)25)13-19(23)21-9-10-27-17-6-4-5-16(12-17)26-2/h4-8,11-12H,9-10,13H2,1-3H3,(H,21,23). The van der Waals surface area contributed by atoms with Crippen LogP contribution in [-0.4, -0.2) is 47.4 Å². The Bertz CT molecular complexity index is 934. The number of nitrogens with zero attached hydrogens (tertiary/aromatic N) is 1. The van der Waals surface area contributed by atoms with Crippen molar-refractivity contribution < 1.29 is 22.7 Å². The molecular formula is C19H23ClN2O5S. The average Bonchev–Trinajstić information content (AvgIpc) is 2.64. The zero-order valence-corrected chi connectivity index (χ0v) is 17.5. The first-order valence-corrected chi connectivity index (χ1v) is 10.7. The number of amides is 1. The van der Waals surface area contributed by atoms with Crippen molar-refractivity contribution in [2.45, 2.75) is 6.92 Å². The summed E-state index contributed by atoms with van der Waals surface area (Å²) in [7, 11) is -2.10. The van der Waals surface area contributed by atoms with Gasteiger partial charge in [0.15, 0.2) is 0 Å².